The number of methoxy groups -OCH3 is 1. The molecule has 1 aromatic rings. The lowest BCUT2D eigenvalue weighted by atomic mass is 9.86. The number of hydrogen-bond acceptors (Lipinski definition) is 4. The van der Waals surface area contributed by atoms with E-state index in [4.69, 9.17) is 9.47 Å². The van der Waals surface area contributed by atoms with Crippen LogP contribution in [0.2, 0.25) is 0 Å². The fraction of sp³-hybridized carbons (Fsp3) is 0.625. The second-order valence-corrected chi connectivity index (χ2v) is 5.86. The predicted molar refractivity (Wildman–Crippen MR) is 81.2 cm³/mol. The van der Waals surface area contributed by atoms with E-state index >= 15 is 0 Å². The van der Waals surface area contributed by atoms with E-state index in [0.29, 0.717) is 5.75 Å². The molecular formula is C16H25FN2O2. The molecule has 2 rings (SSSR count). The first-order valence-electron chi connectivity index (χ1n) is 7.34. The van der Waals surface area contributed by atoms with Gasteiger partial charge in [-0.25, -0.2) is 4.39 Å². The van der Waals surface area contributed by atoms with Crippen LogP contribution in [0.15, 0.2) is 18.2 Å². The summed E-state index contributed by atoms with van der Waals surface area (Å²) >= 11 is 0. The van der Waals surface area contributed by atoms with Gasteiger partial charge in [0.05, 0.1) is 26.4 Å². The Morgan fingerprint density at radius 1 is 1.33 bits per heavy atom. The molecule has 1 aromatic carbocycles. The molecule has 1 saturated heterocycles. The van der Waals surface area contributed by atoms with E-state index in [1.807, 2.05) is 7.05 Å². The third-order valence-electron chi connectivity index (χ3n) is 4.32. The quantitative estimate of drug-likeness (QED) is 0.903. The van der Waals surface area contributed by atoms with Crippen LogP contribution in [0.3, 0.4) is 0 Å². The first kappa shape index (κ1) is 16.2. The number of nitrogens with one attached hydrogen (secondary N) is 1. The molecule has 0 radical (unpaired) electrons. The van der Waals surface area contributed by atoms with Crippen molar-refractivity contribution in [2.24, 2.45) is 0 Å². The van der Waals surface area contributed by atoms with E-state index in [-0.39, 0.29) is 17.4 Å². The van der Waals surface area contributed by atoms with Crippen LogP contribution in [0.5, 0.6) is 5.75 Å². The van der Waals surface area contributed by atoms with Crippen molar-refractivity contribution in [2.45, 2.75) is 25.4 Å². The number of nitrogens with zero attached hydrogens (tertiary/aromatic N) is 1. The summed E-state index contributed by atoms with van der Waals surface area (Å²) in [5, 5.41) is 3.33. The SMILES string of the molecule is CNC(c1cc(F)ccc1OC)C(C)(C)N1CCOCC1. The van der Waals surface area contributed by atoms with Crippen LogP contribution in [0.1, 0.15) is 25.5 Å². The molecule has 0 aromatic heterocycles. The molecule has 1 N–H and O–H groups in total. The van der Waals surface area contributed by atoms with Gasteiger partial charge in [0.25, 0.3) is 0 Å². The number of morpholine rings is 1. The molecule has 21 heavy (non-hydrogen) atoms. The first-order chi connectivity index (χ1) is 10.0. The maximum atomic E-state index is 13.7. The Hall–Kier alpha value is -1.17. The molecule has 1 aliphatic rings. The largest absolute Gasteiger partial charge is 0.496 e. The van der Waals surface area contributed by atoms with Crippen molar-refractivity contribution in [3.63, 3.8) is 0 Å². The lowest BCUT2D eigenvalue weighted by molar-refractivity contribution is -0.0231. The van der Waals surface area contributed by atoms with Crippen LogP contribution in [-0.2, 0) is 4.74 Å². The summed E-state index contributed by atoms with van der Waals surface area (Å²) in [6, 6.07) is 4.63. The number of hydrogen-bond donors (Lipinski definition) is 1. The van der Waals surface area contributed by atoms with Crippen LogP contribution in [-0.4, -0.2) is 50.9 Å². The van der Waals surface area contributed by atoms with Crippen molar-refractivity contribution >= 4 is 0 Å². The van der Waals surface area contributed by atoms with Gasteiger partial charge in [-0.2, -0.15) is 0 Å². The second-order valence-electron chi connectivity index (χ2n) is 5.86. The fourth-order valence-corrected chi connectivity index (χ4v) is 3.14. The minimum Gasteiger partial charge on any atom is -0.496 e. The summed E-state index contributed by atoms with van der Waals surface area (Å²) in [6.45, 7) is 7.57. The Balaban J connectivity index is 2.35. The highest BCUT2D eigenvalue weighted by atomic mass is 19.1. The summed E-state index contributed by atoms with van der Waals surface area (Å²) in [4.78, 5) is 2.38. The zero-order valence-corrected chi connectivity index (χ0v) is 13.3. The van der Waals surface area contributed by atoms with Gasteiger partial charge in [0.15, 0.2) is 0 Å². The minimum absolute atomic E-state index is 0.0405. The first-order valence-corrected chi connectivity index (χ1v) is 7.34. The van der Waals surface area contributed by atoms with Crippen LogP contribution in [0.25, 0.3) is 0 Å². The van der Waals surface area contributed by atoms with Gasteiger partial charge < -0.3 is 14.8 Å². The molecule has 1 unspecified atom stereocenters. The van der Waals surface area contributed by atoms with E-state index in [1.54, 1.807) is 19.2 Å². The molecule has 1 atom stereocenters. The summed E-state index contributed by atoms with van der Waals surface area (Å²) in [6.07, 6.45) is 0. The molecule has 0 bridgehead atoms. The van der Waals surface area contributed by atoms with Gasteiger partial charge >= 0.3 is 0 Å². The third-order valence-corrected chi connectivity index (χ3v) is 4.32. The van der Waals surface area contributed by atoms with Gasteiger partial charge in [0.1, 0.15) is 11.6 Å². The Kier molecular flexibility index (Phi) is 5.19. The lowest BCUT2D eigenvalue weighted by Gasteiger charge is -2.46. The monoisotopic (exact) mass is 296 g/mol. The van der Waals surface area contributed by atoms with Gasteiger partial charge in [0.2, 0.25) is 0 Å². The molecule has 1 fully saturated rings. The predicted octanol–water partition coefficient (Wildman–Crippen LogP) is 2.21. The molecule has 1 heterocycles. The van der Waals surface area contributed by atoms with Gasteiger partial charge in [0, 0.05) is 24.2 Å². The number of ether oxygens (including phenoxy) is 2. The van der Waals surface area contributed by atoms with E-state index in [1.165, 1.54) is 6.07 Å². The van der Waals surface area contributed by atoms with Crippen LogP contribution >= 0.6 is 0 Å². The average molecular weight is 296 g/mol. The smallest absolute Gasteiger partial charge is 0.123 e. The van der Waals surface area contributed by atoms with Crippen molar-refractivity contribution in [1.82, 2.24) is 10.2 Å². The molecule has 0 aliphatic carbocycles. The zero-order chi connectivity index (χ0) is 15.5. The van der Waals surface area contributed by atoms with Crippen molar-refractivity contribution in [3.05, 3.63) is 29.6 Å². The highest BCUT2D eigenvalue weighted by molar-refractivity contribution is 5.38. The van der Waals surface area contributed by atoms with E-state index in [0.717, 1.165) is 31.9 Å². The highest BCUT2D eigenvalue weighted by Crippen LogP contribution is 2.36. The molecule has 0 saturated carbocycles. The molecule has 5 heteroatoms. The highest BCUT2D eigenvalue weighted by Gasteiger charge is 2.37. The van der Waals surface area contributed by atoms with Gasteiger partial charge in [-0.15, -0.1) is 0 Å². The molecular weight excluding hydrogens is 271 g/mol. The van der Waals surface area contributed by atoms with E-state index < -0.39 is 0 Å². The molecule has 1 aliphatic heterocycles. The van der Waals surface area contributed by atoms with Crippen LogP contribution in [0.4, 0.5) is 4.39 Å². The Morgan fingerprint density at radius 2 is 2.00 bits per heavy atom. The maximum Gasteiger partial charge on any atom is 0.123 e. The van der Waals surface area contributed by atoms with Crippen LogP contribution < -0.4 is 10.1 Å². The van der Waals surface area contributed by atoms with Gasteiger partial charge in [-0.3, -0.25) is 4.90 Å². The van der Waals surface area contributed by atoms with Gasteiger partial charge in [-0.1, -0.05) is 0 Å². The van der Waals surface area contributed by atoms with Gasteiger partial charge in [-0.05, 0) is 39.1 Å². The molecule has 4 nitrogen and oxygen atoms in total. The van der Waals surface area contributed by atoms with E-state index in [2.05, 4.69) is 24.1 Å². The number of benzene rings is 1. The second kappa shape index (κ2) is 6.73. The normalized spacial score (nSPS) is 18.5. The minimum atomic E-state index is -0.246. The van der Waals surface area contributed by atoms with Crippen molar-refractivity contribution in [3.8, 4) is 5.75 Å². The fourth-order valence-electron chi connectivity index (χ4n) is 3.14. The molecule has 0 amide bonds. The summed E-state index contributed by atoms with van der Waals surface area (Å²) in [5.74, 6) is 0.459. The topological polar surface area (TPSA) is 33.7 Å². The summed E-state index contributed by atoms with van der Waals surface area (Å²) in [7, 11) is 3.52. The summed E-state index contributed by atoms with van der Waals surface area (Å²) < 4.78 is 24.5. The maximum absolute atomic E-state index is 13.7. The lowest BCUT2D eigenvalue weighted by Crippen LogP contribution is -2.55. The number of likely N-dealkylation sites (N-methyl/N-ethyl adjacent to an activating group) is 1. The van der Waals surface area contributed by atoms with Crippen LogP contribution in [0, 0.1) is 5.82 Å². The molecule has 0 spiro atoms. The average Bonchev–Trinajstić information content (AvgIpc) is 2.49. The zero-order valence-electron chi connectivity index (χ0n) is 13.3. The number of rotatable bonds is 5. The van der Waals surface area contributed by atoms with Crippen molar-refractivity contribution < 1.29 is 13.9 Å². The third kappa shape index (κ3) is 3.36. The standard InChI is InChI=1S/C16H25FN2O2/c1-16(2,19-7-9-21-10-8-19)15(18-3)13-11-12(17)5-6-14(13)20-4/h5-6,11,15,18H,7-10H2,1-4H3. The Morgan fingerprint density at radius 3 is 2.57 bits per heavy atom. The van der Waals surface area contributed by atoms with Crippen molar-refractivity contribution in [2.75, 3.05) is 40.5 Å². The summed E-state index contributed by atoms with van der Waals surface area (Å²) in [5.41, 5.74) is 0.663. The molecule has 118 valence electrons. The Labute approximate surface area is 126 Å². The Bertz CT molecular complexity index is 473. The van der Waals surface area contributed by atoms with E-state index in [9.17, 15) is 4.39 Å². The van der Waals surface area contributed by atoms with Crippen molar-refractivity contribution in [1.29, 1.82) is 0 Å². The number of halogens is 1.